The molecule has 2 aromatic carbocycles. The summed E-state index contributed by atoms with van der Waals surface area (Å²) >= 11 is 0. The van der Waals surface area contributed by atoms with Crippen LogP contribution in [0.4, 0.5) is 0 Å². The summed E-state index contributed by atoms with van der Waals surface area (Å²) in [7, 11) is 0. The molecule has 0 saturated heterocycles. The van der Waals surface area contributed by atoms with Crippen LogP contribution in [0.3, 0.4) is 0 Å². The minimum atomic E-state index is 0.471. The highest BCUT2D eigenvalue weighted by Crippen LogP contribution is 2.18. The lowest BCUT2D eigenvalue weighted by atomic mass is 10.1. The van der Waals surface area contributed by atoms with E-state index in [1.807, 2.05) is 30.5 Å². The van der Waals surface area contributed by atoms with Crippen LogP contribution in [0.25, 0.3) is 10.9 Å². The molecule has 0 aliphatic heterocycles. The van der Waals surface area contributed by atoms with Crippen molar-refractivity contribution in [3.63, 3.8) is 0 Å². The lowest BCUT2D eigenvalue weighted by Crippen LogP contribution is -2.29. The first-order chi connectivity index (χ1) is 11.8. The number of nitrogens with one attached hydrogen (secondary N) is 1. The Hall–Kier alpha value is -2.39. The lowest BCUT2D eigenvalue weighted by molar-refractivity contribution is 0.305. The molecule has 0 aliphatic carbocycles. The smallest absolute Gasteiger partial charge is 0.120 e. The zero-order valence-electron chi connectivity index (χ0n) is 14.1. The van der Waals surface area contributed by atoms with E-state index < -0.39 is 0 Å². The molecule has 0 amide bonds. The molecular weight excluding hydrogens is 296 g/mol. The molecule has 0 fully saturated rings. The van der Waals surface area contributed by atoms with Crippen molar-refractivity contribution in [2.75, 3.05) is 13.2 Å². The Kier molecular flexibility index (Phi) is 5.80. The summed E-state index contributed by atoms with van der Waals surface area (Å²) in [6, 6.07) is 21.1. The van der Waals surface area contributed by atoms with Gasteiger partial charge >= 0.3 is 0 Å². The van der Waals surface area contributed by atoms with Crippen LogP contribution in [-0.2, 0) is 6.42 Å². The van der Waals surface area contributed by atoms with Crippen LogP contribution in [0.5, 0.6) is 5.75 Å². The van der Waals surface area contributed by atoms with Crippen molar-refractivity contribution in [2.24, 2.45) is 0 Å². The van der Waals surface area contributed by atoms with Crippen molar-refractivity contribution in [3.05, 3.63) is 72.4 Å². The predicted molar refractivity (Wildman–Crippen MR) is 99.5 cm³/mol. The maximum absolute atomic E-state index is 5.85. The van der Waals surface area contributed by atoms with E-state index in [2.05, 4.69) is 53.6 Å². The third-order valence-corrected chi connectivity index (χ3v) is 4.04. The zero-order chi connectivity index (χ0) is 16.6. The molecule has 0 aliphatic rings. The lowest BCUT2D eigenvalue weighted by Gasteiger charge is -2.14. The van der Waals surface area contributed by atoms with Gasteiger partial charge in [0.1, 0.15) is 5.75 Å². The van der Waals surface area contributed by atoms with Gasteiger partial charge in [0.2, 0.25) is 0 Å². The van der Waals surface area contributed by atoms with E-state index >= 15 is 0 Å². The van der Waals surface area contributed by atoms with Crippen molar-refractivity contribution in [1.29, 1.82) is 0 Å². The van der Waals surface area contributed by atoms with Crippen LogP contribution in [-0.4, -0.2) is 24.2 Å². The summed E-state index contributed by atoms with van der Waals surface area (Å²) < 4.78 is 5.85. The first-order valence-electron chi connectivity index (χ1n) is 8.56. The van der Waals surface area contributed by atoms with Crippen LogP contribution >= 0.6 is 0 Å². The van der Waals surface area contributed by atoms with Gasteiger partial charge in [0, 0.05) is 17.6 Å². The number of ether oxygens (including phenoxy) is 1. The second kappa shape index (κ2) is 8.46. The van der Waals surface area contributed by atoms with Crippen molar-refractivity contribution in [1.82, 2.24) is 10.3 Å². The number of benzene rings is 2. The minimum absolute atomic E-state index is 0.471. The Balaban J connectivity index is 1.37. The Labute approximate surface area is 143 Å². The van der Waals surface area contributed by atoms with Gasteiger partial charge < -0.3 is 10.1 Å². The molecule has 0 bridgehead atoms. The van der Waals surface area contributed by atoms with Gasteiger partial charge in [-0.1, -0.05) is 36.4 Å². The number of nitrogens with zero attached hydrogens (tertiary/aromatic N) is 1. The zero-order valence-corrected chi connectivity index (χ0v) is 14.1. The monoisotopic (exact) mass is 320 g/mol. The van der Waals surface area contributed by atoms with Crippen LogP contribution in [0.2, 0.25) is 0 Å². The van der Waals surface area contributed by atoms with E-state index in [4.69, 9.17) is 4.74 Å². The number of pyridine rings is 1. The molecule has 1 atom stereocenters. The van der Waals surface area contributed by atoms with Crippen LogP contribution in [0, 0.1) is 0 Å². The Morgan fingerprint density at radius 3 is 2.79 bits per heavy atom. The van der Waals surface area contributed by atoms with Crippen LogP contribution in [0.15, 0.2) is 66.9 Å². The van der Waals surface area contributed by atoms with Crippen molar-refractivity contribution < 1.29 is 4.74 Å². The molecule has 0 spiro atoms. The Bertz CT molecular complexity index is 758. The molecule has 3 heteroatoms. The largest absolute Gasteiger partial charge is 0.494 e. The fourth-order valence-electron chi connectivity index (χ4n) is 2.79. The molecule has 124 valence electrons. The van der Waals surface area contributed by atoms with E-state index in [1.54, 1.807) is 0 Å². The number of hydrogen-bond donors (Lipinski definition) is 1. The van der Waals surface area contributed by atoms with Crippen molar-refractivity contribution in [3.8, 4) is 5.75 Å². The number of hydrogen-bond acceptors (Lipinski definition) is 3. The number of rotatable bonds is 8. The molecule has 3 nitrogen and oxygen atoms in total. The Morgan fingerprint density at radius 2 is 1.92 bits per heavy atom. The van der Waals surface area contributed by atoms with Crippen LogP contribution in [0.1, 0.15) is 18.9 Å². The molecule has 1 N–H and O–H groups in total. The van der Waals surface area contributed by atoms with Gasteiger partial charge in [0.25, 0.3) is 0 Å². The second-order valence-corrected chi connectivity index (χ2v) is 6.10. The summed E-state index contributed by atoms with van der Waals surface area (Å²) in [6.45, 7) is 3.91. The highest BCUT2D eigenvalue weighted by molar-refractivity contribution is 5.79. The van der Waals surface area contributed by atoms with E-state index in [0.717, 1.165) is 42.6 Å². The molecular formula is C21H24N2O. The highest BCUT2D eigenvalue weighted by atomic mass is 16.5. The quantitative estimate of drug-likeness (QED) is 0.631. The molecule has 0 radical (unpaired) electrons. The SMILES string of the molecule is CC(Cc1ccccc1)NCCCOc1ccc2ncccc2c1. The third kappa shape index (κ3) is 4.80. The topological polar surface area (TPSA) is 34.1 Å². The average Bonchev–Trinajstić information content (AvgIpc) is 2.62. The molecule has 0 saturated carbocycles. The maximum Gasteiger partial charge on any atom is 0.120 e. The molecule has 1 aromatic heterocycles. The minimum Gasteiger partial charge on any atom is -0.494 e. The predicted octanol–water partition coefficient (Wildman–Crippen LogP) is 4.22. The van der Waals surface area contributed by atoms with E-state index in [0.29, 0.717) is 6.04 Å². The Morgan fingerprint density at radius 1 is 1.04 bits per heavy atom. The fraction of sp³-hybridized carbons (Fsp3) is 0.286. The van der Waals surface area contributed by atoms with Crippen molar-refractivity contribution in [2.45, 2.75) is 25.8 Å². The molecule has 1 unspecified atom stereocenters. The van der Waals surface area contributed by atoms with E-state index in [1.165, 1.54) is 5.56 Å². The van der Waals surface area contributed by atoms with Gasteiger partial charge in [-0.25, -0.2) is 0 Å². The summed E-state index contributed by atoms with van der Waals surface area (Å²) in [4.78, 5) is 4.32. The third-order valence-electron chi connectivity index (χ3n) is 4.04. The number of fused-ring (bicyclic) bond motifs is 1. The van der Waals surface area contributed by atoms with Gasteiger partial charge in [-0.2, -0.15) is 0 Å². The number of aromatic nitrogens is 1. The van der Waals surface area contributed by atoms with Gasteiger partial charge in [0.05, 0.1) is 12.1 Å². The van der Waals surface area contributed by atoms with E-state index in [9.17, 15) is 0 Å². The molecule has 3 rings (SSSR count). The average molecular weight is 320 g/mol. The van der Waals surface area contributed by atoms with Crippen LogP contribution < -0.4 is 10.1 Å². The first kappa shape index (κ1) is 16.5. The second-order valence-electron chi connectivity index (χ2n) is 6.10. The molecule has 3 aromatic rings. The van der Waals surface area contributed by atoms with Gasteiger partial charge in [-0.15, -0.1) is 0 Å². The van der Waals surface area contributed by atoms with Gasteiger partial charge in [-0.3, -0.25) is 4.98 Å². The van der Waals surface area contributed by atoms with Gasteiger partial charge in [-0.05, 0) is 56.1 Å². The first-order valence-corrected chi connectivity index (χ1v) is 8.56. The van der Waals surface area contributed by atoms with Crippen molar-refractivity contribution >= 4 is 10.9 Å². The highest BCUT2D eigenvalue weighted by Gasteiger charge is 2.02. The summed E-state index contributed by atoms with van der Waals surface area (Å²) in [5.41, 5.74) is 2.37. The maximum atomic E-state index is 5.85. The normalized spacial score (nSPS) is 12.2. The standard InChI is InChI=1S/C21H24N2O/c1-17(15-18-7-3-2-4-8-18)22-13-6-14-24-20-10-11-21-19(16-20)9-5-12-23-21/h2-5,7-12,16-17,22H,6,13-15H2,1H3. The summed E-state index contributed by atoms with van der Waals surface area (Å²) in [5.74, 6) is 0.910. The molecule has 1 heterocycles. The fourth-order valence-corrected chi connectivity index (χ4v) is 2.79. The van der Waals surface area contributed by atoms with Gasteiger partial charge in [0.15, 0.2) is 0 Å². The molecule has 24 heavy (non-hydrogen) atoms. The summed E-state index contributed by atoms with van der Waals surface area (Å²) in [6.07, 6.45) is 3.86. The summed E-state index contributed by atoms with van der Waals surface area (Å²) in [5, 5.41) is 4.67. The van der Waals surface area contributed by atoms with E-state index in [-0.39, 0.29) is 0 Å².